The van der Waals surface area contributed by atoms with Gasteiger partial charge in [-0.25, -0.2) is 0 Å². The van der Waals surface area contributed by atoms with Crippen LogP contribution in [-0.2, 0) is 0 Å². The number of rotatable bonds is 1. The van der Waals surface area contributed by atoms with Crippen molar-refractivity contribution in [2.45, 2.75) is 45.3 Å². The number of fused-ring (bicyclic) bond motifs is 2. The van der Waals surface area contributed by atoms with Gasteiger partial charge in [-0.1, -0.05) is 26.0 Å². The van der Waals surface area contributed by atoms with Crippen LogP contribution in [0.2, 0.25) is 0 Å². The molecule has 4 unspecified atom stereocenters. The predicted molar refractivity (Wildman–Crippen MR) is 55.8 cm³/mol. The molecule has 0 aromatic rings. The molecule has 0 aromatic heterocycles. The average molecular weight is 196 g/mol. The number of hydrogen-bond donors (Lipinski definition) is 2. The fraction of sp³-hybridized carbons (Fsp3) is 0.833. The topological polar surface area (TPSA) is 40.5 Å². The monoisotopic (exact) mass is 196 g/mol. The molecule has 2 bridgehead atoms. The van der Waals surface area contributed by atoms with Crippen molar-refractivity contribution in [3.63, 3.8) is 0 Å². The highest BCUT2D eigenvalue weighted by molar-refractivity contribution is 5.20. The van der Waals surface area contributed by atoms with Crippen LogP contribution in [0.15, 0.2) is 12.2 Å². The molecule has 14 heavy (non-hydrogen) atoms. The Morgan fingerprint density at radius 1 is 1.43 bits per heavy atom. The van der Waals surface area contributed by atoms with E-state index in [4.69, 9.17) is 0 Å². The second-order valence-electron chi connectivity index (χ2n) is 5.24. The first-order valence-electron chi connectivity index (χ1n) is 5.54. The highest BCUT2D eigenvalue weighted by Gasteiger charge is 2.57. The summed E-state index contributed by atoms with van der Waals surface area (Å²) in [6, 6.07) is 0. The van der Waals surface area contributed by atoms with Gasteiger partial charge in [-0.05, 0) is 25.2 Å². The standard InChI is InChI=1S/C12H20O2/c1-7(2)12-5-4-9(11(12)14)8(3)6-10(12)13/h7,9-11,13-14H,3-6H2,1-2H3. The van der Waals surface area contributed by atoms with Crippen LogP contribution in [0.25, 0.3) is 0 Å². The molecular formula is C12H20O2. The molecule has 0 amide bonds. The maximum atomic E-state index is 10.2. The first kappa shape index (κ1) is 10.2. The van der Waals surface area contributed by atoms with Crippen LogP contribution in [0.3, 0.4) is 0 Å². The van der Waals surface area contributed by atoms with Gasteiger partial charge in [0.2, 0.25) is 0 Å². The van der Waals surface area contributed by atoms with Gasteiger partial charge < -0.3 is 10.2 Å². The van der Waals surface area contributed by atoms with E-state index >= 15 is 0 Å². The van der Waals surface area contributed by atoms with Crippen LogP contribution in [0.1, 0.15) is 33.1 Å². The summed E-state index contributed by atoms with van der Waals surface area (Å²) in [7, 11) is 0. The summed E-state index contributed by atoms with van der Waals surface area (Å²) in [5.74, 6) is 0.575. The summed E-state index contributed by atoms with van der Waals surface area (Å²) < 4.78 is 0. The van der Waals surface area contributed by atoms with E-state index in [1.54, 1.807) is 0 Å². The molecule has 2 nitrogen and oxygen atoms in total. The van der Waals surface area contributed by atoms with Gasteiger partial charge in [-0.3, -0.25) is 0 Å². The van der Waals surface area contributed by atoms with E-state index in [0.717, 1.165) is 18.4 Å². The van der Waals surface area contributed by atoms with Crippen LogP contribution < -0.4 is 0 Å². The third-order valence-corrected chi connectivity index (χ3v) is 4.50. The van der Waals surface area contributed by atoms with Gasteiger partial charge in [0, 0.05) is 11.3 Å². The minimum atomic E-state index is -0.399. The molecular weight excluding hydrogens is 176 g/mol. The van der Waals surface area contributed by atoms with Crippen LogP contribution >= 0.6 is 0 Å². The van der Waals surface area contributed by atoms with Crippen molar-refractivity contribution >= 4 is 0 Å². The SMILES string of the molecule is C=C1CC(O)C2(C(C)C)CCC1C2O. The van der Waals surface area contributed by atoms with E-state index in [1.807, 2.05) is 0 Å². The van der Waals surface area contributed by atoms with E-state index in [0.29, 0.717) is 12.3 Å². The molecule has 2 N–H and O–H groups in total. The van der Waals surface area contributed by atoms with Crippen molar-refractivity contribution < 1.29 is 10.2 Å². The smallest absolute Gasteiger partial charge is 0.0688 e. The zero-order chi connectivity index (χ0) is 10.5. The number of aliphatic hydroxyl groups is 2. The van der Waals surface area contributed by atoms with E-state index in [-0.39, 0.29) is 17.4 Å². The molecule has 2 rings (SSSR count). The van der Waals surface area contributed by atoms with Gasteiger partial charge in [-0.15, -0.1) is 0 Å². The molecule has 80 valence electrons. The Kier molecular flexibility index (Phi) is 2.24. The second-order valence-corrected chi connectivity index (χ2v) is 5.24. The quantitative estimate of drug-likeness (QED) is 0.627. The first-order valence-corrected chi connectivity index (χ1v) is 5.54. The Bertz CT molecular complexity index is 259. The van der Waals surface area contributed by atoms with Gasteiger partial charge >= 0.3 is 0 Å². The molecule has 0 saturated heterocycles. The van der Waals surface area contributed by atoms with Crippen molar-refractivity contribution in [2.75, 3.05) is 0 Å². The maximum absolute atomic E-state index is 10.2. The second kappa shape index (κ2) is 3.07. The van der Waals surface area contributed by atoms with E-state index < -0.39 is 6.10 Å². The first-order chi connectivity index (χ1) is 6.50. The summed E-state index contributed by atoms with van der Waals surface area (Å²) in [6.07, 6.45) is 1.84. The molecule has 0 heterocycles. The fourth-order valence-corrected chi connectivity index (χ4v) is 3.48. The predicted octanol–water partition coefficient (Wildman–Crippen LogP) is 1.72. The Hall–Kier alpha value is -0.340. The number of hydrogen-bond acceptors (Lipinski definition) is 2. The van der Waals surface area contributed by atoms with Gasteiger partial charge in [0.25, 0.3) is 0 Å². The third-order valence-electron chi connectivity index (χ3n) is 4.50. The van der Waals surface area contributed by atoms with Gasteiger partial charge in [0.1, 0.15) is 0 Å². The summed E-state index contributed by atoms with van der Waals surface area (Å²) in [5, 5.41) is 20.4. The van der Waals surface area contributed by atoms with E-state index in [1.165, 1.54) is 0 Å². The average Bonchev–Trinajstić information content (AvgIpc) is 2.35. The molecule has 0 radical (unpaired) electrons. The van der Waals surface area contributed by atoms with Crippen molar-refractivity contribution in [1.29, 1.82) is 0 Å². The molecule has 0 spiro atoms. The fourth-order valence-electron chi connectivity index (χ4n) is 3.48. The zero-order valence-electron chi connectivity index (χ0n) is 9.03. The van der Waals surface area contributed by atoms with Crippen LogP contribution in [0, 0.1) is 17.3 Å². The Labute approximate surface area is 85.6 Å². The van der Waals surface area contributed by atoms with Crippen LogP contribution in [-0.4, -0.2) is 22.4 Å². The zero-order valence-corrected chi connectivity index (χ0v) is 9.03. The van der Waals surface area contributed by atoms with Crippen molar-refractivity contribution in [3.05, 3.63) is 12.2 Å². The minimum Gasteiger partial charge on any atom is -0.392 e. The highest BCUT2D eigenvalue weighted by Crippen LogP contribution is 2.56. The normalized spacial score (nSPS) is 47.5. The molecule has 2 fully saturated rings. The summed E-state index contributed by atoms with van der Waals surface area (Å²) in [5.41, 5.74) is 0.782. The molecule has 2 heteroatoms. The van der Waals surface area contributed by atoms with Crippen molar-refractivity contribution in [1.82, 2.24) is 0 Å². The summed E-state index contributed by atoms with van der Waals surface area (Å²) in [6.45, 7) is 8.16. The van der Waals surface area contributed by atoms with E-state index in [9.17, 15) is 10.2 Å². The van der Waals surface area contributed by atoms with Crippen LogP contribution in [0.5, 0.6) is 0 Å². The Balaban J connectivity index is 2.38. The lowest BCUT2D eigenvalue weighted by atomic mass is 9.64. The lowest BCUT2D eigenvalue weighted by Crippen LogP contribution is -2.51. The largest absolute Gasteiger partial charge is 0.392 e. The Morgan fingerprint density at radius 2 is 2.07 bits per heavy atom. The van der Waals surface area contributed by atoms with Gasteiger partial charge in [0.15, 0.2) is 0 Å². The number of aliphatic hydroxyl groups excluding tert-OH is 2. The molecule has 0 aromatic carbocycles. The maximum Gasteiger partial charge on any atom is 0.0688 e. The molecule has 2 aliphatic carbocycles. The Morgan fingerprint density at radius 3 is 2.64 bits per heavy atom. The lowest BCUT2D eigenvalue weighted by Gasteiger charge is -2.46. The third kappa shape index (κ3) is 1.04. The molecule has 0 aliphatic heterocycles. The summed E-state index contributed by atoms with van der Waals surface area (Å²) in [4.78, 5) is 0. The molecule has 2 aliphatic rings. The van der Waals surface area contributed by atoms with E-state index in [2.05, 4.69) is 20.4 Å². The van der Waals surface area contributed by atoms with Crippen LogP contribution in [0.4, 0.5) is 0 Å². The minimum absolute atomic E-state index is 0.237. The lowest BCUT2D eigenvalue weighted by molar-refractivity contribution is -0.103. The van der Waals surface area contributed by atoms with Crippen molar-refractivity contribution in [3.8, 4) is 0 Å². The summed E-state index contributed by atoms with van der Waals surface area (Å²) >= 11 is 0. The highest BCUT2D eigenvalue weighted by atomic mass is 16.3. The van der Waals surface area contributed by atoms with Gasteiger partial charge in [-0.2, -0.15) is 0 Å². The van der Waals surface area contributed by atoms with Gasteiger partial charge in [0.05, 0.1) is 12.2 Å². The van der Waals surface area contributed by atoms with Crippen molar-refractivity contribution in [2.24, 2.45) is 17.3 Å². The molecule has 4 atom stereocenters. The molecule has 2 saturated carbocycles.